The number of fused-ring (bicyclic) bond motifs is 1. The Bertz CT molecular complexity index is 897. The normalized spacial score (nSPS) is 11.1. The number of hydrogen-bond donors (Lipinski definition) is 0. The molecule has 4 aromatic rings. The van der Waals surface area contributed by atoms with E-state index in [1.54, 1.807) is 30.2 Å². The molecule has 102 valence electrons. The fourth-order valence-electron chi connectivity index (χ4n) is 2.17. The van der Waals surface area contributed by atoms with Crippen molar-refractivity contribution in [1.29, 1.82) is 0 Å². The lowest BCUT2D eigenvalue weighted by Gasteiger charge is -2.00. The van der Waals surface area contributed by atoms with Gasteiger partial charge >= 0.3 is 0 Å². The van der Waals surface area contributed by atoms with Crippen LogP contribution >= 0.6 is 22.9 Å². The van der Waals surface area contributed by atoms with Crippen LogP contribution in [0.25, 0.3) is 26.5 Å². The maximum absolute atomic E-state index is 5.94. The zero-order chi connectivity index (χ0) is 14.2. The van der Waals surface area contributed by atoms with Gasteiger partial charge in [0.1, 0.15) is 12.7 Å². The molecule has 0 bridgehead atoms. The van der Waals surface area contributed by atoms with Gasteiger partial charge in [-0.15, -0.1) is 11.3 Å². The second-order valence-corrected chi connectivity index (χ2v) is 5.99. The van der Waals surface area contributed by atoms with E-state index in [0.29, 0.717) is 0 Å². The molecular formula is C15H9ClN4S. The van der Waals surface area contributed by atoms with Crippen LogP contribution in [0.4, 0.5) is 0 Å². The third kappa shape index (κ3) is 2.20. The first-order valence-electron chi connectivity index (χ1n) is 6.30. The summed E-state index contributed by atoms with van der Waals surface area (Å²) >= 11 is 7.61. The van der Waals surface area contributed by atoms with E-state index in [2.05, 4.69) is 21.0 Å². The number of benzene rings is 1. The second kappa shape index (κ2) is 4.95. The maximum Gasteiger partial charge on any atom is 0.159 e. The number of halogens is 1. The highest BCUT2D eigenvalue weighted by Crippen LogP contribution is 2.35. The summed E-state index contributed by atoms with van der Waals surface area (Å²) < 4.78 is 2.94. The fraction of sp³-hybridized carbons (Fsp3) is 0. The number of nitrogens with zero attached hydrogens (tertiary/aromatic N) is 4. The summed E-state index contributed by atoms with van der Waals surface area (Å²) in [6, 6.07) is 9.88. The van der Waals surface area contributed by atoms with Crippen molar-refractivity contribution in [3.63, 3.8) is 0 Å². The van der Waals surface area contributed by atoms with Gasteiger partial charge in [0.2, 0.25) is 0 Å². The molecule has 4 nitrogen and oxygen atoms in total. The predicted octanol–water partition coefficient (Wildman–Crippen LogP) is 4.20. The molecule has 0 radical (unpaired) electrons. The number of imidazole rings is 1. The molecule has 1 aromatic carbocycles. The van der Waals surface area contributed by atoms with Gasteiger partial charge in [-0.1, -0.05) is 23.7 Å². The highest BCUT2D eigenvalue weighted by Gasteiger charge is 2.11. The number of aromatic nitrogens is 4. The summed E-state index contributed by atoms with van der Waals surface area (Å²) in [4.78, 5) is 13.9. The van der Waals surface area contributed by atoms with Crippen molar-refractivity contribution in [2.24, 2.45) is 0 Å². The summed E-state index contributed by atoms with van der Waals surface area (Å²) in [7, 11) is 0. The highest BCUT2D eigenvalue weighted by atomic mass is 35.5. The maximum atomic E-state index is 5.94. The molecule has 0 spiro atoms. The quantitative estimate of drug-likeness (QED) is 0.557. The Hall–Kier alpha value is -2.24. The monoisotopic (exact) mass is 312 g/mol. The van der Waals surface area contributed by atoms with Crippen LogP contribution in [-0.4, -0.2) is 19.5 Å². The molecule has 4 rings (SSSR count). The summed E-state index contributed by atoms with van der Waals surface area (Å²) in [5.74, 6) is 0.850. The standard InChI is InChI=1S/C15H9ClN4S/c16-11-3-1-10(2-4-11)13-7-12-14(21-13)15(19-8-18-12)20-6-5-17-9-20/h1-9H. The average Bonchev–Trinajstić information content (AvgIpc) is 3.17. The molecule has 0 unspecified atom stereocenters. The summed E-state index contributed by atoms with van der Waals surface area (Å²) in [5, 5.41) is 0.735. The minimum atomic E-state index is 0.735. The van der Waals surface area contributed by atoms with Crippen molar-refractivity contribution >= 4 is 33.2 Å². The number of rotatable bonds is 2. The molecule has 0 saturated carbocycles. The van der Waals surface area contributed by atoms with E-state index in [1.165, 1.54) is 0 Å². The summed E-state index contributed by atoms with van der Waals surface area (Å²) in [6.45, 7) is 0. The number of hydrogen-bond acceptors (Lipinski definition) is 4. The van der Waals surface area contributed by atoms with Crippen LogP contribution in [0.2, 0.25) is 5.02 Å². The lowest BCUT2D eigenvalue weighted by atomic mass is 10.2. The molecule has 0 aliphatic rings. The Labute approximate surface area is 129 Å². The molecule has 0 N–H and O–H groups in total. The molecule has 3 aromatic heterocycles. The van der Waals surface area contributed by atoms with Gasteiger partial charge in [-0.3, -0.25) is 4.57 Å². The Morgan fingerprint density at radius 1 is 1.10 bits per heavy atom. The summed E-state index contributed by atoms with van der Waals surface area (Å²) in [6.07, 6.45) is 6.94. The van der Waals surface area contributed by atoms with Gasteiger partial charge in [0.05, 0.1) is 10.2 Å². The Kier molecular flexibility index (Phi) is 2.94. The van der Waals surface area contributed by atoms with Crippen LogP contribution in [0.3, 0.4) is 0 Å². The largest absolute Gasteiger partial charge is 0.289 e. The first kappa shape index (κ1) is 12.5. The molecular weight excluding hydrogens is 304 g/mol. The van der Waals surface area contributed by atoms with Gasteiger partial charge in [0.15, 0.2) is 5.82 Å². The molecule has 0 amide bonds. The Morgan fingerprint density at radius 2 is 1.95 bits per heavy atom. The van der Waals surface area contributed by atoms with E-state index in [-0.39, 0.29) is 0 Å². The van der Waals surface area contributed by atoms with Gasteiger partial charge in [0.25, 0.3) is 0 Å². The zero-order valence-corrected chi connectivity index (χ0v) is 12.3. The molecule has 0 aliphatic heterocycles. The van der Waals surface area contributed by atoms with Crippen LogP contribution in [0, 0.1) is 0 Å². The van der Waals surface area contributed by atoms with Gasteiger partial charge in [-0.2, -0.15) is 0 Å². The first-order chi connectivity index (χ1) is 10.3. The third-order valence-corrected chi connectivity index (χ3v) is 4.59. The van der Waals surface area contributed by atoms with Crippen molar-refractivity contribution in [3.8, 4) is 16.3 Å². The predicted molar refractivity (Wildman–Crippen MR) is 85.0 cm³/mol. The molecule has 21 heavy (non-hydrogen) atoms. The van der Waals surface area contributed by atoms with Gasteiger partial charge in [-0.05, 0) is 23.8 Å². The van der Waals surface area contributed by atoms with Gasteiger partial charge in [0, 0.05) is 22.3 Å². The topological polar surface area (TPSA) is 43.6 Å². The molecule has 0 saturated heterocycles. The molecule has 6 heteroatoms. The molecule has 0 aliphatic carbocycles. The lowest BCUT2D eigenvalue weighted by molar-refractivity contribution is 0.996. The van der Waals surface area contributed by atoms with Crippen molar-refractivity contribution in [2.75, 3.05) is 0 Å². The fourth-order valence-corrected chi connectivity index (χ4v) is 3.40. The number of thiophene rings is 1. The van der Waals surface area contributed by atoms with Crippen LogP contribution in [0.1, 0.15) is 0 Å². The van der Waals surface area contributed by atoms with E-state index in [4.69, 9.17) is 11.6 Å². The Balaban J connectivity index is 1.90. The molecule has 0 fully saturated rings. The lowest BCUT2D eigenvalue weighted by Crippen LogP contribution is -1.94. The highest BCUT2D eigenvalue weighted by molar-refractivity contribution is 7.22. The van der Waals surface area contributed by atoms with Crippen molar-refractivity contribution in [1.82, 2.24) is 19.5 Å². The first-order valence-corrected chi connectivity index (χ1v) is 7.49. The van der Waals surface area contributed by atoms with Gasteiger partial charge in [-0.25, -0.2) is 15.0 Å². The SMILES string of the molecule is Clc1ccc(-c2cc3ncnc(-n4ccnc4)c3s2)cc1. The smallest absolute Gasteiger partial charge is 0.159 e. The van der Waals surface area contributed by atoms with Crippen molar-refractivity contribution in [3.05, 3.63) is 60.4 Å². The molecule has 3 heterocycles. The van der Waals surface area contributed by atoms with Crippen LogP contribution in [0.5, 0.6) is 0 Å². The third-order valence-electron chi connectivity index (χ3n) is 3.17. The van der Waals surface area contributed by atoms with E-state index in [1.807, 2.05) is 35.0 Å². The zero-order valence-electron chi connectivity index (χ0n) is 10.8. The van der Waals surface area contributed by atoms with Crippen molar-refractivity contribution < 1.29 is 0 Å². The van der Waals surface area contributed by atoms with E-state index in [0.717, 1.165) is 31.5 Å². The summed E-state index contributed by atoms with van der Waals surface area (Å²) in [5.41, 5.74) is 2.06. The second-order valence-electron chi connectivity index (χ2n) is 4.50. The van der Waals surface area contributed by atoms with Crippen LogP contribution < -0.4 is 0 Å². The van der Waals surface area contributed by atoms with Crippen molar-refractivity contribution in [2.45, 2.75) is 0 Å². The van der Waals surface area contributed by atoms with E-state index < -0.39 is 0 Å². The van der Waals surface area contributed by atoms with E-state index >= 15 is 0 Å². The minimum absolute atomic E-state index is 0.735. The van der Waals surface area contributed by atoms with Gasteiger partial charge < -0.3 is 0 Å². The Morgan fingerprint density at radius 3 is 2.71 bits per heavy atom. The van der Waals surface area contributed by atoms with Crippen LogP contribution in [-0.2, 0) is 0 Å². The minimum Gasteiger partial charge on any atom is -0.289 e. The van der Waals surface area contributed by atoms with Crippen LogP contribution in [0.15, 0.2) is 55.4 Å². The average molecular weight is 313 g/mol. The van der Waals surface area contributed by atoms with E-state index in [9.17, 15) is 0 Å². The molecule has 0 atom stereocenters.